The summed E-state index contributed by atoms with van der Waals surface area (Å²) in [6.07, 6.45) is 1.18. The molecule has 1 N–H and O–H groups in total. The summed E-state index contributed by atoms with van der Waals surface area (Å²) in [5, 5.41) is 16.2. The number of aromatic nitrogens is 2. The lowest BCUT2D eigenvalue weighted by Crippen LogP contribution is -2.23. The highest BCUT2D eigenvalue weighted by Gasteiger charge is 2.23. The van der Waals surface area contributed by atoms with Crippen LogP contribution in [0.5, 0.6) is 0 Å². The van der Waals surface area contributed by atoms with Crippen LogP contribution in [0.25, 0.3) is 0 Å². The molecule has 2 heterocycles. The van der Waals surface area contributed by atoms with Crippen molar-refractivity contribution in [3.63, 3.8) is 0 Å². The second-order valence-electron chi connectivity index (χ2n) is 3.67. The lowest BCUT2D eigenvalue weighted by Gasteiger charge is -2.15. The molecule has 0 spiro atoms. The number of methoxy groups -OCH3 is 1. The van der Waals surface area contributed by atoms with Crippen LogP contribution in [0, 0.1) is 0 Å². The molecule has 86 valence electrons. The van der Waals surface area contributed by atoms with E-state index in [2.05, 4.69) is 10.2 Å². The van der Waals surface area contributed by atoms with Crippen LogP contribution in [0.1, 0.15) is 16.9 Å². The Hall–Kier alpha value is -1.69. The van der Waals surface area contributed by atoms with Crippen molar-refractivity contribution in [1.82, 2.24) is 10.2 Å². The summed E-state index contributed by atoms with van der Waals surface area (Å²) in [4.78, 5) is 12.6. The molecule has 1 saturated heterocycles. The van der Waals surface area contributed by atoms with Gasteiger partial charge in [-0.3, -0.25) is 0 Å². The fourth-order valence-corrected chi connectivity index (χ4v) is 1.74. The zero-order chi connectivity index (χ0) is 11.5. The van der Waals surface area contributed by atoms with Gasteiger partial charge in [0.25, 0.3) is 0 Å². The predicted octanol–water partition coefficient (Wildman–Crippen LogP) is 0.400. The summed E-state index contributed by atoms with van der Waals surface area (Å²) in [6.45, 7) is 1.64. The van der Waals surface area contributed by atoms with E-state index < -0.39 is 5.97 Å². The topological polar surface area (TPSA) is 75.5 Å². The monoisotopic (exact) mass is 223 g/mol. The molecule has 0 bridgehead atoms. The Morgan fingerprint density at radius 1 is 1.56 bits per heavy atom. The van der Waals surface area contributed by atoms with Gasteiger partial charge in [-0.2, -0.15) is 0 Å². The van der Waals surface area contributed by atoms with Crippen molar-refractivity contribution in [3.05, 3.63) is 17.8 Å². The number of hydrogen-bond acceptors (Lipinski definition) is 5. The average Bonchev–Trinajstić information content (AvgIpc) is 2.77. The van der Waals surface area contributed by atoms with E-state index in [0.29, 0.717) is 5.82 Å². The smallest absolute Gasteiger partial charge is 0.356 e. The molecule has 0 saturated carbocycles. The summed E-state index contributed by atoms with van der Waals surface area (Å²) in [6, 6.07) is 3.14. The molecule has 16 heavy (non-hydrogen) atoms. The van der Waals surface area contributed by atoms with Crippen LogP contribution in [0.15, 0.2) is 12.1 Å². The van der Waals surface area contributed by atoms with Gasteiger partial charge in [0.1, 0.15) is 0 Å². The van der Waals surface area contributed by atoms with E-state index in [0.717, 1.165) is 19.5 Å². The third-order valence-electron chi connectivity index (χ3n) is 2.67. The largest absolute Gasteiger partial charge is 0.476 e. The Morgan fingerprint density at radius 2 is 2.38 bits per heavy atom. The molecule has 1 aliphatic heterocycles. The van der Waals surface area contributed by atoms with Crippen LogP contribution in [0.2, 0.25) is 0 Å². The maximum atomic E-state index is 10.6. The van der Waals surface area contributed by atoms with Crippen molar-refractivity contribution >= 4 is 11.8 Å². The number of anilines is 1. The second kappa shape index (κ2) is 4.44. The Balaban J connectivity index is 2.08. The number of carbonyl (C=O) groups is 1. The quantitative estimate of drug-likeness (QED) is 0.799. The number of nitrogens with zero attached hydrogens (tertiary/aromatic N) is 3. The summed E-state index contributed by atoms with van der Waals surface area (Å²) in [7, 11) is 1.69. The molecule has 0 aromatic carbocycles. The summed E-state index contributed by atoms with van der Waals surface area (Å²) in [5.74, 6) is -0.361. The van der Waals surface area contributed by atoms with E-state index in [-0.39, 0.29) is 11.8 Å². The first-order valence-electron chi connectivity index (χ1n) is 5.05. The third kappa shape index (κ3) is 2.11. The molecular weight excluding hydrogens is 210 g/mol. The number of carboxylic acid groups (broad SMARTS) is 1. The number of ether oxygens (including phenoxy) is 1. The Kier molecular flexibility index (Phi) is 3.00. The molecule has 6 heteroatoms. The van der Waals surface area contributed by atoms with E-state index in [4.69, 9.17) is 9.84 Å². The SMILES string of the molecule is COC1CCN(c2ccc(C(=O)O)nn2)C1. The normalized spacial score (nSPS) is 20.1. The summed E-state index contributed by atoms with van der Waals surface area (Å²) < 4.78 is 5.24. The van der Waals surface area contributed by atoms with Crippen molar-refractivity contribution in [3.8, 4) is 0 Å². The summed E-state index contributed by atoms with van der Waals surface area (Å²) in [5.41, 5.74) is -0.0359. The van der Waals surface area contributed by atoms with Crippen molar-refractivity contribution in [2.75, 3.05) is 25.1 Å². The van der Waals surface area contributed by atoms with E-state index in [1.165, 1.54) is 6.07 Å². The van der Waals surface area contributed by atoms with E-state index in [9.17, 15) is 4.79 Å². The molecule has 1 aromatic rings. The van der Waals surface area contributed by atoms with Gasteiger partial charge < -0.3 is 14.7 Å². The van der Waals surface area contributed by atoms with E-state index in [1.807, 2.05) is 4.90 Å². The number of rotatable bonds is 3. The molecule has 0 aliphatic carbocycles. The van der Waals surface area contributed by atoms with Gasteiger partial charge >= 0.3 is 5.97 Å². The molecule has 1 unspecified atom stereocenters. The molecule has 1 aromatic heterocycles. The highest BCUT2D eigenvalue weighted by molar-refractivity contribution is 5.85. The first-order chi connectivity index (χ1) is 7.70. The standard InChI is InChI=1S/C10H13N3O3/c1-16-7-4-5-13(6-7)9-3-2-8(10(14)15)11-12-9/h2-3,7H,4-6H2,1H3,(H,14,15). The van der Waals surface area contributed by atoms with Crippen LogP contribution >= 0.6 is 0 Å². The second-order valence-corrected chi connectivity index (χ2v) is 3.67. The van der Waals surface area contributed by atoms with Crippen LogP contribution in [0.4, 0.5) is 5.82 Å². The van der Waals surface area contributed by atoms with Gasteiger partial charge in [-0.25, -0.2) is 4.79 Å². The fraction of sp³-hybridized carbons (Fsp3) is 0.500. The first kappa shape index (κ1) is 10.8. The Bertz CT molecular complexity index is 379. The number of carboxylic acids is 1. The maximum absolute atomic E-state index is 10.6. The van der Waals surface area contributed by atoms with Crippen LogP contribution in [-0.2, 0) is 4.74 Å². The lowest BCUT2D eigenvalue weighted by atomic mass is 10.3. The highest BCUT2D eigenvalue weighted by Crippen LogP contribution is 2.18. The minimum atomic E-state index is -1.06. The van der Waals surface area contributed by atoms with Gasteiger partial charge in [-0.05, 0) is 18.6 Å². The molecular formula is C10H13N3O3. The summed E-state index contributed by atoms with van der Waals surface area (Å²) >= 11 is 0. The fourth-order valence-electron chi connectivity index (χ4n) is 1.74. The van der Waals surface area contributed by atoms with Crippen LogP contribution < -0.4 is 4.90 Å². The van der Waals surface area contributed by atoms with Crippen molar-refractivity contribution in [2.24, 2.45) is 0 Å². The Morgan fingerprint density at radius 3 is 2.88 bits per heavy atom. The highest BCUT2D eigenvalue weighted by atomic mass is 16.5. The van der Waals surface area contributed by atoms with Gasteiger partial charge in [-0.15, -0.1) is 10.2 Å². The Labute approximate surface area is 92.9 Å². The molecule has 1 aliphatic rings. The molecule has 0 amide bonds. The van der Waals surface area contributed by atoms with E-state index in [1.54, 1.807) is 13.2 Å². The van der Waals surface area contributed by atoms with Crippen molar-refractivity contribution < 1.29 is 14.6 Å². The van der Waals surface area contributed by atoms with E-state index >= 15 is 0 Å². The van der Waals surface area contributed by atoms with Gasteiger partial charge in [0.2, 0.25) is 0 Å². The molecule has 2 rings (SSSR count). The molecule has 1 atom stereocenters. The van der Waals surface area contributed by atoms with Crippen molar-refractivity contribution in [1.29, 1.82) is 0 Å². The number of aromatic carboxylic acids is 1. The van der Waals surface area contributed by atoms with Gasteiger partial charge in [0, 0.05) is 20.2 Å². The number of hydrogen-bond donors (Lipinski definition) is 1. The maximum Gasteiger partial charge on any atom is 0.356 e. The van der Waals surface area contributed by atoms with Gasteiger partial charge in [-0.1, -0.05) is 0 Å². The van der Waals surface area contributed by atoms with Gasteiger partial charge in [0.15, 0.2) is 11.5 Å². The van der Waals surface area contributed by atoms with Crippen molar-refractivity contribution in [2.45, 2.75) is 12.5 Å². The van der Waals surface area contributed by atoms with Crippen LogP contribution in [0.3, 0.4) is 0 Å². The van der Waals surface area contributed by atoms with Gasteiger partial charge in [0.05, 0.1) is 6.10 Å². The predicted molar refractivity (Wildman–Crippen MR) is 56.6 cm³/mol. The third-order valence-corrected chi connectivity index (χ3v) is 2.67. The molecule has 1 fully saturated rings. The molecule has 0 radical (unpaired) electrons. The lowest BCUT2D eigenvalue weighted by molar-refractivity contribution is 0.0689. The zero-order valence-electron chi connectivity index (χ0n) is 8.96. The molecule has 6 nitrogen and oxygen atoms in total. The zero-order valence-corrected chi connectivity index (χ0v) is 8.96. The van der Waals surface area contributed by atoms with Crippen LogP contribution in [-0.4, -0.2) is 47.6 Å². The minimum absolute atomic E-state index is 0.0359. The average molecular weight is 223 g/mol. The first-order valence-corrected chi connectivity index (χ1v) is 5.05. The minimum Gasteiger partial charge on any atom is -0.476 e.